The van der Waals surface area contributed by atoms with Crippen LogP contribution in [0.2, 0.25) is 0 Å². The summed E-state index contributed by atoms with van der Waals surface area (Å²) in [7, 11) is 0. The number of carboxylic acids is 1. The Balaban J connectivity index is 0.00000118. The Kier molecular flexibility index (Phi) is 13.9. The highest BCUT2D eigenvalue weighted by Crippen LogP contribution is 2.23. The van der Waals surface area contributed by atoms with Gasteiger partial charge in [-0.15, -0.1) is 0 Å². The van der Waals surface area contributed by atoms with E-state index in [0.29, 0.717) is 6.42 Å². The quantitative estimate of drug-likeness (QED) is 0.175. The number of rotatable bonds is 11. The maximum atomic E-state index is 11.9. The van der Waals surface area contributed by atoms with Crippen LogP contribution in [0.1, 0.15) is 63.0 Å². The predicted molar refractivity (Wildman–Crippen MR) is 133 cm³/mol. The van der Waals surface area contributed by atoms with Crippen molar-refractivity contribution < 1.29 is 19.4 Å². The standard InChI is InChI=1S/C26H32O2.C2H4O2/c1-3-4-5-6-10-15-25(27)18-16-24-17-19-26(22(2)21-24)28-20-11-14-23-12-8-7-9-13-23;1-2(3)4/h3-6,10,12,16-19,21H,1,7-9,11,13-15,20H2,2H3;1H3,(H,3,4)/b5-4-,10-6-,18-16+;. The molecule has 1 N–H and O–H groups in total. The molecule has 0 aromatic heterocycles. The van der Waals surface area contributed by atoms with E-state index in [4.69, 9.17) is 14.6 Å². The fourth-order valence-corrected chi connectivity index (χ4v) is 3.21. The lowest BCUT2D eigenvalue weighted by atomic mass is 9.96. The molecule has 4 heteroatoms. The third-order valence-electron chi connectivity index (χ3n) is 4.76. The molecule has 1 aliphatic rings. The number of hydrogen-bond acceptors (Lipinski definition) is 3. The molecular formula is C28H36O4. The molecule has 0 unspecified atom stereocenters. The van der Waals surface area contributed by atoms with E-state index in [1.165, 1.54) is 25.7 Å². The van der Waals surface area contributed by atoms with E-state index in [0.717, 1.165) is 43.2 Å². The van der Waals surface area contributed by atoms with Gasteiger partial charge in [0.1, 0.15) is 5.75 Å². The van der Waals surface area contributed by atoms with E-state index < -0.39 is 5.97 Å². The van der Waals surface area contributed by atoms with Gasteiger partial charge in [-0.05, 0) is 74.8 Å². The molecule has 0 saturated carbocycles. The van der Waals surface area contributed by atoms with Crippen LogP contribution in [0.5, 0.6) is 5.75 Å². The lowest BCUT2D eigenvalue weighted by molar-refractivity contribution is -0.134. The second-order valence-corrected chi connectivity index (χ2v) is 7.66. The molecule has 0 heterocycles. The zero-order valence-electron chi connectivity index (χ0n) is 19.4. The van der Waals surface area contributed by atoms with Crippen LogP contribution in [-0.2, 0) is 9.59 Å². The molecule has 0 spiro atoms. The van der Waals surface area contributed by atoms with Crippen molar-refractivity contribution in [3.8, 4) is 5.75 Å². The van der Waals surface area contributed by atoms with Gasteiger partial charge in [0.2, 0.25) is 0 Å². The van der Waals surface area contributed by atoms with Crippen LogP contribution in [0.3, 0.4) is 0 Å². The number of ketones is 1. The Bertz CT molecular complexity index is 852. The van der Waals surface area contributed by atoms with E-state index in [2.05, 4.69) is 18.7 Å². The number of benzene rings is 1. The van der Waals surface area contributed by atoms with Gasteiger partial charge in [-0.1, -0.05) is 60.8 Å². The second-order valence-electron chi connectivity index (χ2n) is 7.66. The molecule has 0 amide bonds. The van der Waals surface area contributed by atoms with E-state index in [-0.39, 0.29) is 5.78 Å². The average molecular weight is 437 g/mol. The van der Waals surface area contributed by atoms with Gasteiger partial charge in [0, 0.05) is 13.3 Å². The Morgan fingerprint density at radius 3 is 2.62 bits per heavy atom. The van der Waals surface area contributed by atoms with Crippen LogP contribution in [0.4, 0.5) is 0 Å². The third-order valence-corrected chi connectivity index (χ3v) is 4.76. The smallest absolute Gasteiger partial charge is 0.300 e. The highest BCUT2D eigenvalue weighted by atomic mass is 16.5. The molecule has 0 radical (unpaired) electrons. The van der Waals surface area contributed by atoms with Gasteiger partial charge < -0.3 is 9.84 Å². The molecule has 0 aliphatic heterocycles. The predicted octanol–water partition coefficient (Wildman–Crippen LogP) is 7.02. The first-order chi connectivity index (χ1) is 15.4. The highest BCUT2D eigenvalue weighted by Gasteiger charge is 2.04. The van der Waals surface area contributed by atoms with Crippen LogP contribution in [0.15, 0.2) is 72.9 Å². The van der Waals surface area contributed by atoms with Gasteiger partial charge >= 0.3 is 0 Å². The summed E-state index contributed by atoms with van der Waals surface area (Å²) >= 11 is 0. The van der Waals surface area contributed by atoms with Gasteiger partial charge in [0.25, 0.3) is 5.97 Å². The molecule has 0 fully saturated rings. The SMILES string of the molecule is C=C/C=C\C=C/CC(=O)/C=C/c1ccc(OCCCC2=CCCCC2)c(C)c1.CC(=O)O. The Morgan fingerprint density at radius 2 is 1.97 bits per heavy atom. The number of aliphatic carboxylic acids is 1. The minimum absolute atomic E-state index is 0.0817. The van der Waals surface area contributed by atoms with Crippen LogP contribution in [0, 0.1) is 6.92 Å². The van der Waals surface area contributed by atoms with E-state index in [1.807, 2.05) is 49.4 Å². The molecule has 172 valence electrons. The Morgan fingerprint density at radius 1 is 1.19 bits per heavy atom. The first kappa shape index (κ1) is 26.9. The van der Waals surface area contributed by atoms with E-state index in [1.54, 1.807) is 17.7 Å². The summed E-state index contributed by atoms with van der Waals surface area (Å²) < 4.78 is 5.95. The Hall–Kier alpha value is -3.14. The summed E-state index contributed by atoms with van der Waals surface area (Å²) in [5, 5.41) is 7.42. The molecule has 32 heavy (non-hydrogen) atoms. The van der Waals surface area contributed by atoms with Crippen LogP contribution in [-0.4, -0.2) is 23.5 Å². The lowest BCUT2D eigenvalue weighted by Gasteiger charge is -2.13. The molecule has 2 rings (SSSR count). The largest absolute Gasteiger partial charge is 0.493 e. The maximum Gasteiger partial charge on any atom is 0.300 e. The molecule has 1 aromatic rings. The van der Waals surface area contributed by atoms with Crippen molar-refractivity contribution in [2.24, 2.45) is 0 Å². The first-order valence-corrected chi connectivity index (χ1v) is 11.2. The molecule has 4 nitrogen and oxygen atoms in total. The van der Waals surface area contributed by atoms with Crippen molar-refractivity contribution >= 4 is 17.8 Å². The van der Waals surface area contributed by atoms with Gasteiger partial charge in [-0.25, -0.2) is 0 Å². The number of allylic oxidation sites excluding steroid dienone is 8. The fourth-order valence-electron chi connectivity index (χ4n) is 3.21. The molecular weight excluding hydrogens is 400 g/mol. The van der Waals surface area contributed by atoms with Crippen molar-refractivity contribution in [2.45, 2.75) is 58.8 Å². The zero-order valence-corrected chi connectivity index (χ0v) is 19.4. The van der Waals surface area contributed by atoms with E-state index in [9.17, 15) is 4.79 Å². The molecule has 0 bridgehead atoms. The van der Waals surface area contributed by atoms with Crippen molar-refractivity contribution in [1.29, 1.82) is 0 Å². The number of hydrogen-bond donors (Lipinski definition) is 1. The van der Waals surface area contributed by atoms with Gasteiger partial charge in [0.15, 0.2) is 5.78 Å². The minimum atomic E-state index is -0.833. The number of aryl methyl sites for hydroxylation is 1. The van der Waals surface area contributed by atoms with Crippen molar-refractivity contribution in [1.82, 2.24) is 0 Å². The number of carboxylic acid groups (broad SMARTS) is 1. The monoisotopic (exact) mass is 436 g/mol. The molecule has 1 aliphatic carbocycles. The summed E-state index contributed by atoms with van der Waals surface area (Å²) in [6.45, 7) is 7.48. The molecule has 0 saturated heterocycles. The lowest BCUT2D eigenvalue weighted by Crippen LogP contribution is -2.01. The summed E-state index contributed by atoms with van der Waals surface area (Å²) in [6, 6.07) is 6.06. The molecule has 0 atom stereocenters. The fraction of sp³-hybridized carbons (Fsp3) is 0.357. The number of carbonyl (C=O) groups excluding carboxylic acids is 1. The van der Waals surface area contributed by atoms with Crippen LogP contribution in [0.25, 0.3) is 6.08 Å². The second kappa shape index (κ2) is 16.5. The van der Waals surface area contributed by atoms with Crippen LogP contribution >= 0.6 is 0 Å². The molecule has 1 aromatic carbocycles. The number of ether oxygens (including phenoxy) is 1. The van der Waals surface area contributed by atoms with Gasteiger partial charge in [-0.2, -0.15) is 0 Å². The minimum Gasteiger partial charge on any atom is -0.493 e. The topological polar surface area (TPSA) is 63.6 Å². The summed E-state index contributed by atoms with van der Waals surface area (Å²) in [4.78, 5) is 20.9. The maximum absolute atomic E-state index is 11.9. The van der Waals surface area contributed by atoms with Crippen molar-refractivity contribution in [2.75, 3.05) is 6.61 Å². The normalized spacial score (nSPS) is 13.6. The van der Waals surface area contributed by atoms with Crippen molar-refractivity contribution in [3.05, 3.63) is 84.0 Å². The summed E-state index contributed by atoms with van der Waals surface area (Å²) in [6.07, 6.45) is 22.8. The Labute approximate surface area is 192 Å². The van der Waals surface area contributed by atoms with Gasteiger partial charge in [0.05, 0.1) is 6.61 Å². The summed E-state index contributed by atoms with van der Waals surface area (Å²) in [5.41, 5.74) is 3.71. The zero-order chi connectivity index (χ0) is 23.6. The van der Waals surface area contributed by atoms with Gasteiger partial charge in [-0.3, -0.25) is 9.59 Å². The third kappa shape index (κ3) is 13.2. The number of carbonyl (C=O) groups is 2. The highest BCUT2D eigenvalue weighted by molar-refractivity contribution is 5.94. The average Bonchev–Trinajstić information content (AvgIpc) is 2.76. The first-order valence-electron chi connectivity index (χ1n) is 11.2. The van der Waals surface area contributed by atoms with Crippen molar-refractivity contribution in [3.63, 3.8) is 0 Å². The van der Waals surface area contributed by atoms with E-state index >= 15 is 0 Å². The summed E-state index contributed by atoms with van der Waals surface area (Å²) in [5.74, 6) is 0.177. The van der Waals surface area contributed by atoms with Crippen LogP contribution < -0.4 is 4.74 Å².